The van der Waals surface area contributed by atoms with Gasteiger partial charge in [0.2, 0.25) is 21.9 Å². The van der Waals surface area contributed by atoms with Gasteiger partial charge in [0.1, 0.15) is 11.1 Å². The van der Waals surface area contributed by atoms with Gasteiger partial charge in [-0.1, -0.05) is 11.6 Å². The third-order valence-electron chi connectivity index (χ3n) is 3.83. The van der Waals surface area contributed by atoms with Crippen molar-refractivity contribution >= 4 is 33.3 Å². The second kappa shape index (κ2) is 7.12. The quantitative estimate of drug-likeness (QED) is 0.717. The molecule has 1 aromatic heterocycles. The number of nitrogens with zero attached hydrogens (tertiary/aromatic N) is 2. The second-order valence-corrected chi connectivity index (χ2v) is 7.66. The average molecular weight is 385 g/mol. The Morgan fingerprint density at radius 2 is 2.00 bits per heavy atom. The highest BCUT2D eigenvalue weighted by molar-refractivity contribution is 7.89. The van der Waals surface area contributed by atoms with E-state index in [2.05, 4.69) is 15.3 Å². The summed E-state index contributed by atoms with van der Waals surface area (Å²) in [6.45, 7) is 0. The Hall–Kier alpha value is -1.94. The van der Waals surface area contributed by atoms with E-state index in [0.717, 1.165) is 12.8 Å². The molecule has 1 aliphatic carbocycles. The zero-order chi connectivity index (χ0) is 18.0. The van der Waals surface area contributed by atoms with Crippen LogP contribution in [0.15, 0.2) is 35.4 Å². The summed E-state index contributed by atoms with van der Waals surface area (Å²) in [6.07, 6.45) is 2.83. The molecule has 1 aliphatic rings. The maximum absolute atomic E-state index is 11.3. The number of primary sulfonamides is 1. The van der Waals surface area contributed by atoms with Gasteiger partial charge in [-0.2, -0.15) is 4.98 Å². The van der Waals surface area contributed by atoms with E-state index in [1.165, 1.54) is 18.3 Å². The van der Waals surface area contributed by atoms with Gasteiger partial charge in [0, 0.05) is 5.69 Å². The Kier molecular flexibility index (Phi) is 5.09. The number of halogens is 1. The summed E-state index contributed by atoms with van der Waals surface area (Å²) < 4.78 is 28.2. The van der Waals surface area contributed by atoms with Crippen molar-refractivity contribution in [2.24, 2.45) is 5.14 Å². The van der Waals surface area contributed by atoms with Gasteiger partial charge in [0.15, 0.2) is 0 Å². The number of aromatic nitrogens is 2. The van der Waals surface area contributed by atoms with E-state index in [1.54, 1.807) is 12.1 Å². The molecular weight excluding hydrogens is 368 g/mol. The van der Waals surface area contributed by atoms with E-state index in [0.29, 0.717) is 12.1 Å². The number of hydrogen-bond acceptors (Lipinski definition) is 7. The first-order valence-corrected chi connectivity index (χ1v) is 9.52. The first-order chi connectivity index (χ1) is 11.8. The number of nitrogens with two attached hydrogens (primary N) is 1. The molecule has 0 aliphatic heterocycles. The van der Waals surface area contributed by atoms with Crippen LogP contribution >= 0.6 is 11.6 Å². The topological polar surface area (TPSA) is 127 Å². The molecule has 8 nitrogen and oxygen atoms in total. The third kappa shape index (κ3) is 4.37. The normalized spacial score (nSPS) is 20.4. The number of aliphatic hydroxyl groups is 1. The molecule has 134 valence electrons. The molecule has 10 heteroatoms. The number of aliphatic hydroxyl groups excluding tert-OH is 1. The van der Waals surface area contributed by atoms with Gasteiger partial charge >= 0.3 is 0 Å². The Morgan fingerprint density at radius 3 is 2.60 bits per heavy atom. The van der Waals surface area contributed by atoms with Crippen LogP contribution in [0.5, 0.6) is 5.88 Å². The molecule has 4 N–H and O–H groups in total. The van der Waals surface area contributed by atoms with Crippen LogP contribution in [0.2, 0.25) is 5.02 Å². The Labute approximate surface area is 150 Å². The predicted octanol–water partition coefficient (Wildman–Crippen LogP) is 1.81. The maximum atomic E-state index is 11.3. The fourth-order valence-electron chi connectivity index (χ4n) is 2.54. The Bertz CT molecular complexity index is 860. The van der Waals surface area contributed by atoms with Crippen molar-refractivity contribution in [3.8, 4) is 5.88 Å². The molecule has 0 amide bonds. The first kappa shape index (κ1) is 17.9. The average Bonchev–Trinajstić information content (AvgIpc) is 2.95. The Balaban J connectivity index is 1.75. The minimum atomic E-state index is -3.74. The molecular formula is C15H17ClN4O4S. The van der Waals surface area contributed by atoms with E-state index in [9.17, 15) is 13.5 Å². The number of benzene rings is 1. The predicted molar refractivity (Wildman–Crippen MR) is 92.4 cm³/mol. The summed E-state index contributed by atoms with van der Waals surface area (Å²) in [5, 5.41) is 18.1. The fraction of sp³-hybridized carbons (Fsp3) is 0.333. The van der Waals surface area contributed by atoms with Crippen LogP contribution in [0, 0.1) is 0 Å². The molecule has 1 saturated carbocycles. The molecule has 0 radical (unpaired) electrons. The van der Waals surface area contributed by atoms with Crippen molar-refractivity contribution < 1.29 is 18.3 Å². The molecule has 2 aromatic rings. The monoisotopic (exact) mass is 384 g/mol. The molecule has 2 atom stereocenters. The highest BCUT2D eigenvalue weighted by atomic mass is 35.5. The van der Waals surface area contributed by atoms with Crippen LogP contribution in [0.1, 0.15) is 19.3 Å². The number of hydrogen-bond donors (Lipinski definition) is 3. The van der Waals surface area contributed by atoms with Gasteiger partial charge < -0.3 is 15.2 Å². The second-order valence-electron chi connectivity index (χ2n) is 5.70. The summed E-state index contributed by atoms with van der Waals surface area (Å²) in [5.41, 5.74) is 0.571. The summed E-state index contributed by atoms with van der Waals surface area (Å²) in [6, 6.07) is 5.83. The van der Waals surface area contributed by atoms with E-state index >= 15 is 0 Å². The van der Waals surface area contributed by atoms with Crippen molar-refractivity contribution in [1.29, 1.82) is 0 Å². The third-order valence-corrected chi connectivity index (χ3v) is 5.02. The fourth-order valence-corrected chi connectivity index (χ4v) is 3.19. The maximum Gasteiger partial charge on any atom is 0.238 e. The number of sulfonamides is 1. The van der Waals surface area contributed by atoms with E-state index in [-0.39, 0.29) is 27.9 Å². The molecule has 1 heterocycles. The first-order valence-electron chi connectivity index (χ1n) is 7.60. The van der Waals surface area contributed by atoms with Gasteiger partial charge in [-0.05, 0) is 43.5 Å². The van der Waals surface area contributed by atoms with E-state index < -0.39 is 16.1 Å². The van der Waals surface area contributed by atoms with Crippen molar-refractivity contribution in [2.45, 2.75) is 36.4 Å². The number of rotatable bonds is 5. The number of anilines is 2. The molecule has 0 saturated heterocycles. The van der Waals surface area contributed by atoms with Crippen LogP contribution in [0.25, 0.3) is 0 Å². The van der Waals surface area contributed by atoms with Crippen LogP contribution in [-0.4, -0.2) is 35.7 Å². The van der Waals surface area contributed by atoms with E-state index in [1.807, 2.05) is 0 Å². The lowest BCUT2D eigenvalue weighted by Crippen LogP contribution is -2.26. The summed E-state index contributed by atoms with van der Waals surface area (Å²) in [5.74, 6) is 0.418. The molecule has 2 unspecified atom stereocenters. The number of nitrogens with one attached hydrogen (secondary N) is 1. The van der Waals surface area contributed by atoms with Gasteiger partial charge in [-0.15, -0.1) is 0 Å². The zero-order valence-corrected chi connectivity index (χ0v) is 14.7. The number of ether oxygens (including phenoxy) is 1. The molecule has 0 bridgehead atoms. The smallest absolute Gasteiger partial charge is 0.238 e. The molecule has 1 fully saturated rings. The van der Waals surface area contributed by atoms with Crippen LogP contribution in [-0.2, 0) is 10.0 Å². The van der Waals surface area contributed by atoms with Crippen molar-refractivity contribution in [3.63, 3.8) is 0 Å². The summed E-state index contributed by atoms with van der Waals surface area (Å²) in [4.78, 5) is 8.27. The summed E-state index contributed by atoms with van der Waals surface area (Å²) >= 11 is 6.06. The lowest BCUT2D eigenvalue weighted by atomic mass is 10.3. The zero-order valence-electron chi connectivity index (χ0n) is 13.1. The van der Waals surface area contributed by atoms with E-state index in [4.69, 9.17) is 21.5 Å². The van der Waals surface area contributed by atoms with Crippen LogP contribution < -0.4 is 15.2 Å². The molecule has 25 heavy (non-hydrogen) atoms. The minimum Gasteiger partial charge on any atom is -0.470 e. The van der Waals surface area contributed by atoms with Crippen molar-refractivity contribution in [1.82, 2.24) is 9.97 Å². The Morgan fingerprint density at radius 1 is 1.28 bits per heavy atom. The van der Waals surface area contributed by atoms with Crippen molar-refractivity contribution in [2.75, 3.05) is 5.32 Å². The lowest BCUT2D eigenvalue weighted by molar-refractivity contribution is 0.0575. The van der Waals surface area contributed by atoms with Gasteiger partial charge in [-0.25, -0.2) is 18.5 Å². The highest BCUT2D eigenvalue weighted by Crippen LogP contribution is 2.29. The van der Waals surface area contributed by atoms with Crippen molar-refractivity contribution in [3.05, 3.63) is 35.5 Å². The largest absolute Gasteiger partial charge is 0.470 e. The lowest BCUT2D eigenvalue weighted by Gasteiger charge is -2.17. The minimum absolute atomic E-state index is 0.00863. The van der Waals surface area contributed by atoms with Gasteiger partial charge in [0.25, 0.3) is 0 Å². The SMILES string of the molecule is NS(=O)(=O)c1ccc(Nc2ncc(Cl)c(OC3CCCC3O)n2)cc1. The molecule has 0 spiro atoms. The van der Waals surface area contributed by atoms with Crippen LogP contribution in [0.4, 0.5) is 11.6 Å². The standard InChI is InChI=1S/C15H17ClN4O4S/c16-11-8-18-15(20-14(11)24-13-3-1-2-12(13)21)19-9-4-6-10(7-5-9)25(17,22)23/h4-8,12-13,21H,1-3H2,(H2,17,22,23)(H,18,19,20). The van der Waals surface area contributed by atoms with Gasteiger partial charge in [0.05, 0.1) is 17.2 Å². The van der Waals surface area contributed by atoms with Gasteiger partial charge in [-0.3, -0.25) is 0 Å². The molecule has 1 aromatic carbocycles. The highest BCUT2D eigenvalue weighted by Gasteiger charge is 2.28. The van der Waals surface area contributed by atoms with Crippen LogP contribution in [0.3, 0.4) is 0 Å². The summed E-state index contributed by atoms with van der Waals surface area (Å²) in [7, 11) is -3.74. The molecule has 3 rings (SSSR count).